The van der Waals surface area contributed by atoms with Crippen LogP contribution in [0.1, 0.15) is 19.3 Å². The zero-order valence-corrected chi connectivity index (χ0v) is 15.2. The molecule has 2 heterocycles. The third kappa shape index (κ3) is 5.19. The first kappa shape index (κ1) is 18.2. The third-order valence-electron chi connectivity index (χ3n) is 5.04. The number of nitrogens with one attached hydrogen (secondary N) is 1. The third-order valence-corrected chi connectivity index (χ3v) is 6.79. The first-order valence-corrected chi connectivity index (χ1v) is 10.8. The molecule has 2 saturated heterocycles. The standard InChI is InChI=1S/C18H26N2O4S/c21-18(19-9-12-24-17-4-2-1-3-5-17)15-6-10-20(11-7-15)16-8-13-25(22,23)14-16/h1-5,15-16H,6-14H2,(H,19,21). The van der Waals surface area contributed by atoms with Crippen LogP contribution in [0.15, 0.2) is 30.3 Å². The molecule has 2 aliphatic rings. The highest BCUT2D eigenvalue weighted by Crippen LogP contribution is 2.24. The fraction of sp³-hybridized carbons (Fsp3) is 0.611. The van der Waals surface area contributed by atoms with Crippen LogP contribution in [0.4, 0.5) is 0 Å². The van der Waals surface area contributed by atoms with Crippen molar-refractivity contribution in [3.05, 3.63) is 30.3 Å². The van der Waals surface area contributed by atoms with Gasteiger partial charge in [-0.3, -0.25) is 9.69 Å². The van der Waals surface area contributed by atoms with Gasteiger partial charge in [-0.25, -0.2) is 8.42 Å². The number of nitrogens with zero attached hydrogens (tertiary/aromatic N) is 1. The lowest BCUT2D eigenvalue weighted by Gasteiger charge is -2.34. The molecule has 138 valence electrons. The average Bonchev–Trinajstić information content (AvgIpc) is 2.99. The number of carbonyl (C=O) groups excluding carboxylic acids is 1. The molecule has 3 rings (SSSR count). The van der Waals surface area contributed by atoms with Gasteiger partial charge in [-0.2, -0.15) is 0 Å². The number of ether oxygens (including phenoxy) is 1. The van der Waals surface area contributed by atoms with Gasteiger partial charge in [0.05, 0.1) is 18.1 Å². The number of rotatable bonds is 6. The van der Waals surface area contributed by atoms with Gasteiger partial charge in [0.15, 0.2) is 9.84 Å². The van der Waals surface area contributed by atoms with Crippen molar-refractivity contribution in [2.45, 2.75) is 25.3 Å². The Balaban J connectivity index is 1.34. The summed E-state index contributed by atoms with van der Waals surface area (Å²) < 4.78 is 28.8. The van der Waals surface area contributed by atoms with Crippen molar-refractivity contribution in [3.63, 3.8) is 0 Å². The van der Waals surface area contributed by atoms with Gasteiger partial charge in [0.2, 0.25) is 5.91 Å². The van der Waals surface area contributed by atoms with E-state index in [9.17, 15) is 13.2 Å². The van der Waals surface area contributed by atoms with E-state index < -0.39 is 9.84 Å². The Morgan fingerprint density at radius 3 is 2.52 bits per heavy atom. The van der Waals surface area contributed by atoms with E-state index in [0.29, 0.717) is 18.9 Å². The van der Waals surface area contributed by atoms with Crippen LogP contribution in [0.2, 0.25) is 0 Å². The van der Waals surface area contributed by atoms with E-state index in [1.165, 1.54) is 0 Å². The highest BCUT2D eigenvalue weighted by Gasteiger charge is 2.35. The Hall–Kier alpha value is -1.60. The molecule has 0 saturated carbocycles. The molecule has 1 unspecified atom stereocenters. The van der Waals surface area contributed by atoms with E-state index in [1.807, 2.05) is 30.3 Å². The van der Waals surface area contributed by atoms with E-state index in [2.05, 4.69) is 10.2 Å². The smallest absolute Gasteiger partial charge is 0.223 e. The maximum absolute atomic E-state index is 12.3. The number of para-hydroxylation sites is 1. The monoisotopic (exact) mass is 366 g/mol. The number of hydrogen-bond donors (Lipinski definition) is 1. The molecule has 0 aromatic heterocycles. The Bertz CT molecular complexity index is 670. The summed E-state index contributed by atoms with van der Waals surface area (Å²) in [7, 11) is -2.85. The summed E-state index contributed by atoms with van der Waals surface area (Å²) in [6.07, 6.45) is 2.32. The van der Waals surface area contributed by atoms with Crippen molar-refractivity contribution in [2.24, 2.45) is 5.92 Å². The van der Waals surface area contributed by atoms with E-state index in [0.717, 1.165) is 38.1 Å². The molecule has 1 aromatic carbocycles. The molecule has 7 heteroatoms. The predicted octanol–water partition coefficient (Wildman–Crippen LogP) is 1.08. The average molecular weight is 366 g/mol. The van der Waals surface area contributed by atoms with Crippen molar-refractivity contribution in [2.75, 3.05) is 37.7 Å². The summed E-state index contributed by atoms with van der Waals surface area (Å²) in [6.45, 7) is 2.56. The van der Waals surface area contributed by atoms with Gasteiger partial charge in [0.25, 0.3) is 0 Å². The van der Waals surface area contributed by atoms with Gasteiger partial charge in [-0.05, 0) is 44.5 Å². The number of benzene rings is 1. The minimum absolute atomic E-state index is 0.0194. The van der Waals surface area contributed by atoms with E-state index in [1.54, 1.807) is 0 Å². The van der Waals surface area contributed by atoms with E-state index in [-0.39, 0.29) is 23.6 Å². The Labute approximate surface area is 149 Å². The summed E-state index contributed by atoms with van der Waals surface area (Å²) in [4.78, 5) is 14.5. The molecule has 0 radical (unpaired) electrons. The van der Waals surface area contributed by atoms with Crippen LogP contribution in [0, 0.1) is 5.92 Å². The van der Waals surface area contributed by atoms with Gasteiger partial charge in [-0.15, -0.1) is 0 Å². The molecule has 1 amide bonds. The van der Waals surface area contributed by atoms with E-state index in [4.69, 9.17) is 4.74 Å². The lowest BCUT2D eigenvalue weighted by Crippen LogP contribution is -2.45. The van der Waals surface area contributed by atoms with Crippen LogP contribution in [-0.4, -0.2) is 63.0 Å². The number of sulfone groups is 1. The van der Waals surface area contributed by atoms with E-state index >= 15 is 0 Å². The summed E-state index contributed by atoms with van der Waals surface area (Å²) in [5.41, 5.74) is 0. The summed E-state index contributed by atoms with van der Waals surface area (Å²) in [6, 6.07) is 9.69. The number of hydrogen-bond acceptors (Lipinski definition) is 5. The van der Waals surface area contributed by atoms with Gasteiger partial charge in [-0.1, -0.05) is 18.2 Å². The first-order chi connectivity index (χ1) is 12.0. The van der Waals surface area contributed by atoms with Crippen LogP contribution in [0.25, 0.3) is 0 Å². The van der Waals surface area contributed by atoms with Crippen molar-refractivity contribution in [3.8, 4) is 5.75 Å². The minimum atomic E-state index is -2.85. The fourth-order valence-electron chi connectivity index (χ4n) is 3.59. The van der Waals surface area contributed by atoms with Gasteiger partial charge in [0.1, 0.15) is 12.4 Å². The highest BCUT2D eigenvalue weighted by molar-refractivity contribution is 7.91. The molecule has 0 bridgehead atoms. The minimum Gasteiger partial charge on any atom is -0.492 e. The Morgan fingerprint density at radius 1 is 1.16 bits per heavy atom. The Morgan fingerprint density at radius 2 is 1.88 bits per heavy atom. The second kappa shape index (κ2) is 8.19. The number of likely N-dealkylation sites (tertiary alicyclic amines) is 1. The van der Waals surface area contributed by atoms with Crippen LogP contribution < -0.4 is 10.1 Å². The second-order valence-electron chi connectivity index (χ2n) is 6.82. The molecular weight excluding hydrogens is 340 g/mol. The lowest BCUT2D eigenvalue weighted by atomic mass is 9.94. The van der Waals surface area contributed by atoms with Crippen molar-refractivity contribution in [1.29, 1.82) is 0 Å². The first-order valence-electron chi connectivity index (χ1n) is 8.93. The number of piperidine rings is 1. The summed E-state index contributed by atoms with van der Waals surface area (Å²) >= 11 is 0. The molecule has 0 spiro atoms. The van der Waals surface area contributed by atoms with Crippen LogP contribution in [0.3, 0.4) is 0 Å². The zero-order valence-electron chi connectivity index (χ0n) is 14.4. The summed E-state index contributed by atoms with van der Waals surface area (Å²) in [5.74, 6) is 1.48. The molecule has 1 N–H and O–H groups in total. The molecule has 6 nitrogen and oxygen atoms in total. The molecule has 2 aliphatic heterocycles. The predicted molar refractivity (Wildman–Crippen MR) is 96.3 cm³/mol. The van der Waals surface area contributed by atoms with Crippen LogP contribution in [-0.2, 0) is 14.6 Å². The molecule has 25 heavy (non-hydrogen) atoms. The summed E-state index contributed by atoms with van der Waals surface area (Å²) in [5, 5.41) is 2.94. The Kier molecular flexibility index (Phi) is 5.96. The molecule has 0 aliphatic carbocycles. The molecule has 1 atom stereocenters. The van der Waals surface area contributed by atoms with Crippen LogP contribution in [0.5, 0.6) is 5.75 Å². The quantitative estimate of drug-likeness (QED) is 0.763. The maximum Gasteiger partial charge on any atom is 0.223 e. The topological polar surface area (TPSA) is 75.7 Å². The number of carbonyl (C=O) groups is 1. The van der Waals surface area contributed by atoms with Gasteiger partial charge >= 0.3 is 0 Å². The zero-order chi connectivity index (χ0) is 17.7. The molecule has 1 aromatic rings. The SMILES string of the molecule is O=C(NCCOc1ccccc1)C1CCN(C2CCS(=O)(=O)C2)CC1. The van der Waals surface area contributed by atoms with Gasteiger partial charge < -0.3 is 10.1 Å². The van der Waals surface area contributed by atoms with Gasteiger partial charge in [0, 0.05) is 12.0 Å². The van der Waals surface area contributed by atoms with Crippen molar-refractivity contribution in [1.82, 2.24) is 10.2 Å². The van der Waals surface area contributed by atoms with Crippen molar-refractivity contribution >= 4 is 15.7 Å². The number of amides is 1. The largest absolute Gasteiger partial charge is 0.492 e. The lowest BCUT2D eigenvalue weighted by molar-refractivity contribution is -0.126. The maximum atomic E-state index is 12.3. The second-order valence-corrected chi connectivity index (χ2v) is 9.05. The van der Waals surface area contributed by atoms with Crippen molar-refractivity contribution < 1.29 is 17.9 Å². The normalized spacial score (nSPS) is 24.1. The fourth-order valence-corrected chi connectivity index (χ4v) is 5.36. The molecular formula is C18H26N2O4S. The van der Waals surface area contributed by atoms with Crippen LogP contribution >= 0.6 is 0 Å². The highest BCUT2D eigenvalue weighted by atomic mass is 32.2. The molecule has 2 fully saturated rings.